The second kappa shape index (κ2) is 10.5. The van der Waals surface area contributed by atoms with Crippen LogP contribution in [0.4, 0.5) is 5.69 Å². The number of nitrogens with zero attached hydrogens (tertiary/aromatic N) is 2. The van der Waals surface area contributed by atoms with E-state index in [-0.39, 0.29) is 23.8 Å². The lowest BCUT2D eigenvalue weighted by atomic mass is 9.97. The minimum absolute atomic E-state index is 0.0958. The van der Waals surface area contributed by atoms with Crippen LogP contribution in [0.25, 0.3) is 0 Å². The van der Waals surface area contributed by atoms with E-state index in [1.165, 1.54) is 4.31 Å². The van der Waals surface area contributed by atoms with E-state index < -0.39 is 10.0 Å². The fourth-order valence-corrected chi connectivity index (χ4v) is 6.50. The van der Waals surface area contributed by atoms with Gasteiger partial charge in [-0.15, -0.1) is 0 Å². The number of hydrogen-bond acceptors (Lipinski definition) is 5. The first-order valence-corrected chi connectivity index (χ1v) is 13.6. The molecule has 8 nitrogen and oxygen atoms in total. The highest BCUT2D eigenvalue weighted by Gasteiger charge is 2.32. The monoisotopic (exact) mass is 498 g/mol. The first-order valence-electron chi connectivity index (χ1n) is 12.2. The third-order valence-electron chi connectivity index (χ3n) is 7.21. The number of piperidine rings is 1. The number of primary amides is 1. The molecule has 3 N–H and O–H groups in total. The molecule has 9 heteroatoms. The van der Waals surface area contributed by atoms with Crippen molar-refractivity contribution in [2.24, 2.45) is 11.7 Å². The summed E-state index contributed by atoms with van der Waals surface area (Å²) in [6.07, 6.45) is 2.68. The third-order valence-corrected chi connectivity index (χ3v) is 9.11. The lowest BCUT2D eigenvalue weighted by Crippen LogP contribution is -2.41. The summed E-state index contributed by atoms with van der Waals surface area (Å²) in [5, 5.41) is 2.99. The Balaban J connectivity index is 1.34. The minimum atomic E-state index is -3.57. The third kappa shape index (κ3) is 5.74. The first-order chi connectivity index (χ1) is 16.6. The van der Waals surface area contributed by atoms with Crippen LogP contribution in [0.5, 0.6) is 0 Å². The van der Waals surface area contributed by atoms with Crippen molar-refractivity contribution in [1.29, 1.82) is 0 Å². The van der Waals surface area contributed by atoms with E-state index >= 15 is 0 Å². The van der Waals surface area contributed by atoms with Crippen molar-refractivity contribution in [1.82, 2.24) is 9.21 Å². The van der Waals surface area contributed by atoms with Crippen LogP contribution in [0.1, 0.15) is 42.4 Å². The molecule has 188 valence electrons. The highest BCUT2D eigenvalue weighted by molar-refractivity contribution is 7.89. The Bertz CT molecular complexity index is 1210. The van der Waals surface area contributed by atoms with Crippen molar-refractivity contribution in [2.75, 3.05) is 25.0 Å². The van der Waals surface area contributed by atoms with Gasteiger partial charge in [0.2, 0.25) is 21.8 Å². The fourth-order valence-electron chi connectivity index (χ4n) is 4.95. The molecule has 1 atom stereocenters. The average molecular weight is 499 g/mol. The molecule has 0 bridgehead atoms. The zero-order chi connectivity index (χ0) is 25.2. The molecule has 2 heterocycles. The Kier molecular flexibility index (Phi) is 7.59. The van der Waals surface area contributed by atoms with Gasteiger partial charge in [0.15, 0.2) is 0 Å². The Morgan fingerprint density at radius 3 is 2.43 bits per heavy atom. The molecule has 2 amide bonds. The number of carbonyl (C=O) groups is 2. The Morgan fingerprint density at radius 2 is 1.74 bits per heavy atom. The SMILES string of the molecule is Cc1ccc(S(=O)(=O)N2CCC(C(=O)Nc3cccc(CN4CCCC4C(N)=O)c3)CC2)cc1C. The van der Waals surface area contributed by atoms with Crippen LogP contribution in [0, 0.1) is 19.8 Å². The number of anilines is 1. The number of aryl methyl sites for hydroxylation is 2. The summed E-state index contributed by atoms with van der Waals surface area (Å²) < 4.78 is 27.6. The van der Waals surface area contributed by atoms with Crippen LogP contribution in [0.15, 0.2) is 47.4 Å². The number of likely N-dealkylation sites (tertiary alicyclic amines) is 1. The van der Waals surface area contributed by atoms with Crippen molar-refractivity contribution < 1.29 is 18.0 Å². The molecule has 0 saturated carbocycles. The Labute approximate surface area is 207 Å². The van der Waals surface area contributed by atoms with Gasteiger partial charge in [0.05, 0.1) is 10.9 Å². The molecule has 2 aromatic rings. The summed E-state index contributed by atoms with van der Waals surface area (Å²) in [5.74, 6) is -0.637. The van der Waals surface area contributed by atoms with Gasteiger partial charge < -0.3 is 11.1 Å². The second-order valence-electron chi connectivity index (χ2n) is 9.64. The van der Waals surface area contributed by atoms with Gasteiger partial charge in [0, 0.05) is 31.2 Å². The quantitative estimate of drug-likeness (QED) is 0.610. The van der Waals surface area contributed by atoms with Crippen LogP contribution >= 0.6 is 0 Å². The molecule has 1 unspecified atom stereocenters. The molecule has 2 aliphatic rings. The predicted molar refractivity (Wildman–Crippen MR) is 135 cm³/mol. The van der Waals surface area contributed by atoms with E-state index in [0.717, 1.165) is 36.1 Å². The Hall–Kier alpha value is -2.75. The van der Waals surface area contributed by atoms with E-state index in [2.05, 4.69) is 10.2 Å². The van der Waals surface area contributed by atoms with E-state index in [9.17, 15) is 18.0 Å². The smallest absolute Gasteiger partial charge is 0.243 e. The predicted octanol–water partition coefficient (Wildman–Crippen LogP) is 2.79. The van der Waals surface area contributed by atoms with Crippen LogP contribution in [0.2, 0.25) is 0 Å². The van der Waals surface area contributed by atoms with Gasteiger partial charge in [0.1, 0.15) is 0 Å². The number of nitrogens with two attached hydrogens (primary N) is 1. The van der Waals surface area contributed by atoms with Crippen LogP contribution < -0.4 is 11.1 Å². The van der Waals surface area contributed by atoms with Gasteiger partial charge in [-0.3, -0.25) is 14.5 Å². The summed E-state index contributed by atoms with van der Waals surface area (Å²) >= 11 is 0. The second-order valence-corrected chi connectivity index (χ2v) is 11.6. The number of amides is 2. The van der Waals surface area contributed by atoms with Crippen LogP contribution in [0.3, 0.4) is 0 Å². The molecule has 4 rings (SSSR count). The van der Waals surface area contributed by atoms with Gasteiger partial charge in [-0.1, -0.05) is 18.2 Å². The number of carbonyl (C=O) groups excluding carboxylic acids is 2. The molecule has 0 spiro atoms. The average Bonchev–Trinajstić information content (AvgIpc) is 3.29. The maximum atomic E-state index is 13.1. The lowest BCUT2D eigenvalue weighted by molar-refractivity contribution is -0.122. The standard InChI is InChI=1S/C26H34N4O4S/c1-18-8-9-23(15-19(18)2)35(33,34)30-13-10-21(11-14-30)26(32)28-22-6-3-5-20(16-22)17-29-12-4-7-24(29)25(27)31/h3,5-6,8-9,15-16,21,24H,4,7,10-14,17H2,1-2H3,(H2,27,31)(H,28,32). The van der Waals surface area contributed by atoms with Crippen LogP contribution in [-0.4, -0.2) is 55.1 Å². The van der Waals surface area contributed by atoms with Gasteiger partial charge in [0.25, 0.3) is 0 Å². The molecule has 0 aromatic heterocycles. The van der Waals surface area contributed by atoms with Gasteiger partial charge >= 0.3 is 0 Å². The maximum Gasteiger partial charge on any atom is 0.243 e. The number of benzene rings is 2. The van der Waals surface area contributed by atoms with Crippen LogP contribution in [-0.2, 0) is 26.2 Å². The Morgan fingerprint density at radius 1 is 1.00 bits per heavy atom. The van der Waals surface area contributed by atoms with Gasteiger partial charge in [-0.05, 0) is 87.0 Å². The molecular weight excluding hydrogens is 464 g/mol. The van der Waals surface area contributed by atoms with E-state index in [1.54, 1.807) is 12.1 Å². The lowest BCUT2D eigenvalue weighted by Gasteiger charge is -2.30. The molecule has 2 aliphatic heterocycles. The first kappa shape index (κ1) is 25.3. The van der Waals surface area contributed by atoms with Gasteiger partial charge in [-0.25, -0.2) is 8.42 Å². The fraction of sp³-hybridized carbons (Fsp3) is 0.462. The van der Waals surface area contributed by atoms with Crippen molar-refractivity contribution in [3.63, 3.8) is 0 Å². The van der Waals surface area contributed by atoms with E-state index in [4.69, 9.17) is 5.73 Å². The number of hydrogen-bond donors (Lipinski definition) is 2. The molecule has 2 saturated heterocycles. The molecule has 2 fully saturated rings. The van der Waals surface area contributed by atoms with Gasteiger partial charge in [-0.2, -0.15) is 4.31 Å². The summed E-state index contributed by atoms with van der Waals surface area (Å²) in [4.78, 5) is 27.0. The number of nitrogens with one attached hydrogen (secondary N) is 1. The zero-order valence-electron chi connectivity index (χ0n) is 20.4. The van der Waals surface area contributed by atoms with E-state index in [1.807, 2.05) is 44.2 Å². The molecule has 0 radical (unpaired) electrons. The topological polar surface area (TPSA) is 113 Å². The van der Waals surface area contributed by atoms with E-state index in [0.29, 0.717) is 43.1 Å². The highest BCUT2D eigenvalue weighted by atomic mass is 32.2. The molecule has 35 heavy (non-hydrogen) atoms. The number of rotatable bonds is 7. The number of sulfonamides is 1. The summed E-state index contributed by atoms with van der Waals surface area (Å²) in [6, 6.07) is 12.6. The normalized spacial score (nSPS) is 20.1. The largest absolute Gasteiger partial charge is 0.368 e. The van der Waals surface area contributed by atoms with Crippen molar-refractivity contribution >= 4 is 27.5 Å². The maximum absolute atomic E-state index is 13.1. The van der Waals surface area contributed by atoms with Crippen molar-refractivity contribution in [3.8, 4) is 0 Å². The van der Waals surface area contributed by atoms with Crippen molar-refractivity contribution in [3.05, 3.63) is 59.2 Å². The molecule has 0 aliphatic carbocycles. The summed E-state index contributed by atoms with van der Waals surface area (Å²) in [5.41, 5.74) is 9.22. The zero-order valence-corrected chi connectivity index (χ0v) is 21.2. The summed E-state index contributed by atoms with van der Waals surface area (Å²) in [6.45, 7) is 5.92. The van der Waals surface area contributed by atoms with Crippen molar-refractivity contribution in [2.45, 2.75) is 57.0 Å². The highest BCUT2D eigenvalue weighted by Crippen LogP contribution is 2.27. The molecular formula is C26H34N4O4S. The minimum Gasteiger partial charge on any atom is -0.368 e. The molecule has 2 aromatic carbocycles. The summed E-state index contributed by atoms with van der Waals surface area (Å²) in [7, 11) is -3.57.